The summed E-state index contributed by atoms with van der Waals surface area (Å²) in [7, 11) is 0. The maximum Gasteiger partial charge on any atom is 0.209 e. The van der Waals surface area contributed by atoms with Gasteiger partial charge in [0, 0.05) is 26.0 Å². The molecule has 0 bridgehead atoms. The van der Waals surface area contributed by atoms with Gasteiger partial charge in [-0.1, -0.05) is 15.9 Å². The van der Waals surface area contributed by atoms with Crippen molar-refractivity contribution < 1.29 is 4.92 Å². The number of H-pyrrole nitrogens is 1. The van der Waals surface area contributed by atoms with E-state index in [1.807, 2.05) is 24.3 Å². The van der Waals surface area contributed by atoms with Crippen molar-refractivity contribution in [2.24, 2.45) is 0 Å². The maximum absolute atomic E-state index is 10.2. The Bertz CT molecular complexity index is 507. The molecule has 0 unspecified atom stereocenters. The summed E-state index contributed by atoms with van der Waals surface area (Å²) in [5.41, 5.74) is 1.91. The molecule has 0 amide bonds. The topological polar surface area (TPSA) is 58.9 Å². The molecule has 1 aromatic heterocycles. The largest absolute Gasteiger partial charge is 0.358 e. The highest BCUT2D eigenvalue weighted by atomic mass is 79.9. The van der Waals surface area contributed by atoms with Crippen molar-refractivity contribution in [3.05, 3.63) is 44.5 Å². The van der Waals surface area contributed by atoms with Crippen LogP contribution in [0.25, 0.3) is 10.9 Å². The number of benzene rings is 1. The average Bonchev–Trinajstić information content (AvgIpc) is 2.56. The van der Waals surface area contributed by atoms with Crippen LogP contribution < -0.4 is 0 Å². The fourth-order valence-electron chi connectivity index (χ4n) is 1.51. The quantitative estimate of drug-likeness (QED) is 0.688. The van der Waals surface area contributed by atoms with E-state index in [2.05, 4.69) is 20.9 Å². The highest BCUT2D eigenvalue weighted by molar-refractivity contribution is 9.10. The first-order valence-corrected chi connectivity index (χ1v) is 5.33. The molecule has 0 fully saturated rings. The smallest absolute Gasteiger partial charge is 0.209 e. The number of aromatic nitrogens is 1. The van der Waals surface area contributed by atoms with E-state index in [4.69, 9.17) is 0 Å². The van der Waals surface area contributed by atoms with Crippen molar-refractivity contribution in [3.63, 3.8) is 0 Å². The van der Waals surface area contributed by atoms with Crippen molar-refractivity contribution in [1.29, 1.82) is 0 Å². The molecule has 0 saturated heterocycles. The number of nitro groups is 1. The van der Waals surface area contributed by atoms with Gasteiger partial charge in [0.1, 0.15) is 0 Å². The molecule has 0 saturated carbocycles. The molecule has 4 nitrogen and oxygen atoms in total. The summed E-state index contributed by atoms with van der Waals surface area (Å²) >= 11 is 3.38. The van der Waals surface area contributed by atoms with E-state index in [0.29, 0.717) is 6.42 Å². The Labute approximate surface area is 94.6 Å². The zero-order chi connectivity index (χ0) is 10.8. The van der Waals surface area contributed by atoms with E-state index in [-0.39, 0.29) is 11.5 Å². The highest BCUT2D eigenvalue weighted by Crippen LogP contribution is 2.20. The van der Waals surface area contributed by atoms with Crippen LogP contribution in [-0.4, -0.2) is 16.5 Å². The second kappa shape index (κ2) is 4.02. The lowest BCUT2D eigenvalue weighted by Gasteiger charge is -1.90. The second-order valence-electron chi connectivity index (χ2n) is 3.33. The van der Waals surface area contributed by atoms with Gasteiger partial charge in [0.25, 0.3) is 0 Å². The number of hydrogen-bond acceptors (Lipinski definition) is 2. The summed E-state index contributed by atoms with van der Waals surface area (Å²) < 4.78 is 1.01. The Hall–Kier alpha value is -1.36. The summed E-state index contributed by atoms with van der Waals surface area (Å²) in [4.78, 5) is 13.1. The third kappa shape index (κ3) is 2.36. The minimum atomic E-state index is -0.304. The number of aromatic amines is 1. The van der Waals surface area contributed by atoms with Gasteiger partial charge in [0.05, 0.1) is 6.42 Å². The number of nitrogens with zero attached hydrogens (tertiary/aromatic N) is 1. The molecule has 5 heteroatoms. The summed E-state index contributed by atoms with van der Waals surface area (Å²) in [6.07, 6.45) is 0.444. The number of hydrogen-bond donors (Lipinski definition) is 1. The van der Waals surface area contributed by atoms with Gasteiger partial charge >= 0.3 is 0 Å². The summed E-state index contributed by atoms with van der Waals surface area (Å²) in [6.45, 7) is -0.0337. The molecule has 0 spiro atoms. The van der Waals surface area contributed by atoms with Gasteiger partial charge in [-0.15, -0.1) is 0 Å². The zero-order valence-corrected chi connectivity index (χ0v) is 9.45. The Morgan fingerprint density at radius 2 is 2.20 bits per heavy atom. The van der Waals surface area contributed by atoms with Crippen LogP contribution in [0.1, 0.15) is 5.69 Å². The Morgan fingerprint density at radius 1 is 1.40 bits per heavy atom. The fraction of sp³-hybridized carbons (Fsp3) is 0.200. The molecular weight excluding hydrogens is 260 g/mol. The lowest BCUT2D eigenvalue weighted by atomic mass is 10.2. The van der Waals surface area contributed by atoms with Gasteiger partial charge in [-0.05, 0) is 24.3 Å². The van der Waals surface area contributed by atoms with E-state index in [9.17, 15) is 10.1 Å². The van der Waals surface area contributed by atoms with Crippen molar-refractivity contribution in [2.45, 2.75) is 6.42 Å². The Balaban J connectivity index is 2.27. The predicted molar refractivity (Wildman–Crippen MR) is 61.6 cm³/mol. The van der Waals surface area contributed by atoms with Gasteiger partial charge in [-0.2, -0.15) is 0 Å². The van der Waals surface area contributed by atoms with E-state index < -0.39 is 0 Å². The molecule has 1 heterocycles. The van der Waals surface area contributed by atoms with E-state index in [0.717, 1.165) is 21.1 Å². The van der Waals surface area contributed by atoms with Crippen LogP contribution in [0.4, 0.5) is 0 Å². The Morgan fingerprint density at radius 3 is 2.93 bits per heavy atom. The summed E-state index contributed by atoms with van der Waals surface area (Å²) in [5.74, 6) is 0. The van der Waals surface area contributed by atoms with Crippen LogP contribution in [0.5, 0.6) is 0 Å². The fourth-order valence-corrected chi connectivity index (χ4v) is 1.89. The van der Waals surface area contributed by atoms with Crippen LogP contribution in [0.3, 0.4) is 0 Å². The molecule has 2 aromatic rings. The van der Waals surface area contributed by atoms with Crippen molar-refractivity contribution in [2.75, 3.05) is 6.54 Å². The monoisotopic (exact) mass is 268 g/mol. The normalized spacial score (nSPS) is 10.7. The van der Waals surface area contributed by atoms with Gasteiger partial charge in [0.2, 0.25) is 6.54 Å². The SMILES string of the molecule is O=[N+]([O-])CCc1cc2cc(Br)ccc2[nH]1. The molecule has 0 radical (unpaired) electrons. The summed E-state index contributed by atoms with van der Waals surface area (Å²) in [5, 5.41) is 11.3. The molecule has 0 atom stereocenters. The maximum atomic E-state index is 10.2. The molecule has 0 aliphatic rings. The van der Waals surface area contributed by atoms with Crippen LogP contribution in [0.2, 0.25) is 0 Å². The number of halogens is 1. The standard InChI is InChI=1S/C10H9BrN2O2/c11-8-1-2-10-7(5-8)6-9(12-10)3-4-13(14)15/h1-2,5-6,12H,3-4H2. The van der Waals surface area contributed by atoms with E-state index >= 15 is 0 Å². The van der Waals surface area contributed by atoms with Crippen LogP contribution in [0, 0.1) is 10.1 Å². The Kier molecular flexibility index (Phi) is 2.73. The lowest BCUT2D eigenvalue weighted by Crippen LogP contribution is -2.03. The van der Waals surface area contributed by atoms with Crippen molar-refractivity contribution >= 4 is 26.8 Å². The molecule has 0 aliphatic heterocycles. The molecule has 1 aromatic carbocycles. The third-order valence-electron chi connectivity index (χ3n) is 2.20. The van der Waals surface area contributed by atoms with Crippen LogP contribution in [0.15, 0.2) is 28.7 Å². The van der Waals surface area contributed by atoms with Crippen LogP contribution in [-0.2, 0) is 6.42 Å². The number of rotatable bonds is 3. The lowest BCUT2D eigenvalue weighted by molar-refractivity contribution is -0.479. The first-order valence-electron chi connectivity index (χ1n) is 4.54. The molecule has 0 aliphatic carbocycles. The second-order valence-corrected chi connectivity index (χ2v) is 4.25. The van der Waals surface area contributed by atoms with E-state index in [1.165, 1.54) is 0 Å². The molecular formula is C10H9BrN2O2. The molecule has 1 N–H and O–H groups in total. The summed E-state index contributed by atoms with van der Waals surface area (Å²) in [6, 6.07) is 7.83. The van der Waals surface area contributed by atoms with Crippen molar-refractivity contribution in [1.82, 2.24) is 4.98 Å². The van der Waals surface area contributed by atoms with Gasteiger partial charge in [-0.25, -0.2) is 0 Å². The third-order valence-corrected chi connectivity index (χ3v) is 2.70. The van der Waals surface area contributed by atoms with Crippen molar-refractivity contribution in [3.8, 4) is 0 Å². The minimum absolute atomic E-state index is 0.0337. The highest BCUT2D eigenvalue weighted by Gasteiger charge is 2.04. The number of nitrogens with one attached hydrogen (secondary N) is 1. The van der Waals surface area contributed by atoms with Gasteiger partial charge < -0.3 is 4.98 Å². The number of fused-ring (bicyclic) bond motifs is 1. The van der Waals surface area contributed by atoms with Crippen LogP contribution >= 0.6 is 15.9 Å². The molecule has 78 valence electrons. The van der Waals surface area contributed by atoms with Gasteiger partial charge in [-0.3, -0.25) is 10.1 Å². The average molecular weight is 269 g/mol. The zero-order valence-electron chi connectivity index (χ0n) is 7.87. The first kappa shape index (κ1) is 10.2. The minimum Gasteiger partial charge on any atom is -0.358 e. The van der Waals surface area contributed by atoms with E-state index in [1.54, 1.807) is 0 Å². The predicted octanol–water partition coefficient (Wildman–Crippen LogP) is 2.75. The van der Waals surface area contributed by atoms with Gasteiger partial charge in [0.15, 0.2) is 0 Å². The molecule has 15 heavy (non-hydrogen) atoms. The molecule has 2 rings (SSSR count). The first-order chi connectivity index (χ1) is 7.15.